The number of β-amino-alcohol motifs (C(OH)–C–C–N with tert-alkyl or cyclic N) is 1. The summed E-state index contributed by atoms with van der Waals surface area (Å²) in [5, 5.41) is 13.8. The predicted molar refractivity (Wildman–Crippen MR) is 104 cm³/mol. The number of halogens is 1. The molecule has 1 aromatic carbocycles. The highest BCUT2D eigenvalue weighted by atomic mass is 19.1. The summed E-state index contributed by atoms with van der Waals surface area (Å²) in [6.07, 6.45) is 4.20. The predicted octanol–water partition coefficient (Wildman–Crippen LogP) is 1.87. The number of benzene rings is 1. The van der Waals surface area contributed by atoms with Gasteiger partial charge in [0.25, 0.3) is 5.91 Å². The number of piperidine rings is 1. The van der Waals surface area contributed by atoms with Crippen molar-refractivity contribution in [3.63, 3.8) is 0 Å². The van der Waals surface area contributed by atoms with Crippen LogP contribution in [0.3, 0.4) is 0 Å². The fourth-order valence-electron chi connectivity index (χ4n) is 3.63. The molecule has 1 amide bonds. The fraction of sp³-hybridized carbons (Fsp3) is 0.350. The lowest BCUT2D eigenvalue weighted by Gasteiger charge is -2.39. The third-order valence-electron chi connectivity index (χ3n) is 5.16. The lowest BCUT2D eigenvalue weighted by molar-refractivity contribution is 0.0254. The number of carbonyl (C=O) groups is 1. The number of fused-ring (bicyclic) bond motifs is 1. The highest BCUT2D eigenvalue weighted by Crippen LogP contribution is 2.24. The minimum atomic E-state index is -1.07. The highest BCUT2D eigenvalue weighted by molar-refractivity contribution is 5.97. The van der Waals surface area contributed by atoms with E-state index in [0.29, 0.717) is 24.3 Å². The van der Waals surface area contributed by atoms with E-state index < -0.39 is 11.4 Å². The molecule has 3 aromatic rings. The van der Waals surface area contributed by atoms with Gasteiger partial charge in [-0.3, -0.25) is 4.79 Å². The summed E-state index contributed by atoms with van der Waals surface area (Å²) in [5.74, 6) is -0.0300. The lowest BCUT2D eigenvalue weighted by atomic mass is 9.92. The average Bonchev–Trinajstić information content (AvgIpc) is 3.07. The summed E-state index contributed by atoms with van der Waals surface area (Å²) in [7, 11) is 1.90. The molecule has 2 N–H and O–H groups in total. The number of imidazole rings is 1. The zero-order chi connectivity index (χ0) is 19.7. The lowest BCUT2D eigenvalue weighted by Crippen LogP contribution is -2.54. The van der Waals surface area contributed by atoms with Crippen molar-refractivity contribution in [3.8, 4) is 0 Å². The molecule has 1 saturated heterocycles. The maximum atomic E-state index is 13.1. The summed E-state index contributed by atoms with van der Waals surface area (Å²) in [6.45, 7) is 1.18. The Balaban J connectivity index is 1.42. The van der Waals surface area contributed by atoms with Crippen LogP contribution in [0.15, 0.2) is 42.9 Å². The van der Waals surface area contributed by atoms with E-state index >= 15 is 0 Å². The van der Waals surface area contributed by atoms with Gasteiger partial charge in [-0.15, -0.1) is 0 Å². The van der Waals surface area contributed by atoms with Crippen molar-refractivity contribution in [3.05, 3.63) is 54.2 Å². The largest absolute Gasteiger partial charge is 0.386 e. The van der Waals surface area contributed by atoms with E-state index in [1.807, 2.05) is 22.6 Å². The third kappa shape index (κ3) is 3.68. The number of amides is 1. The van der Waals surface area contributed by atoms with E-state index in [1.165, 1.54) is 12.3 Å². The number of hydrogen-bond acceptors (Lipinski definition) is 5. The second kappa shape index (κ2) is 7.20. The van der Waals surface area contributed by atoms with Crippen molar-refractivity contribution >= 4 is 22.8 Å². The molecule has 7 nitrogen and oxygen atoms in total. The third-order valence-corrected chi connectivity index (χ3v) is 5.16. The van der Waals surface area contributed by atoms with Gasteiger partial charge in [-0.05, 0) is 43.2 Å². The maximum Gasteiger partial charge on any atom is 0.251 e. The van der Waals surface area contributed by atoms with E-state index in [4.69, 9.17) is 0 Å². The first-order valence-electron chi connectivity index (χ1n) is 9.22. The Bertz CT molecular complexity index is 1000. The number of anilines is 1. The van der Waals surface area contributed by atoms with Crippen molar-refractivity contribution in [1.29, 1.82) is 0 Å². The molecule has 0 saturated carbocycles. The Labute approximate surface area is 161 Å². The number of aliphatic hydroxyl groups is 1. The molecule has 1 aliphatic rings. The van der Waals surface area contributed by atoms with Crippen LogP contribution >= 0.6 is 0 Å². The average molecular weight is 383 g/mol. The molecule has 0 aliphatic carbocycles. The molecule has 0 bridgehead atoms. The van der Waals surface area contributed by atoms with Gasteiger partial charge in [0.1, 0.15) is 11.6 Å². The van der Waals surface area contributed by atoms with E-state index in [2.05, 4.69) is 15.3 Å². The Hall–Kier alpha value is -3.00. The zero-order valence-corrected chi connectivity index (χ0v) is 15.6. The smallest absolute Gasteiger partial charge is 0.251 e. The van der Waals surface area contributed by atoms with Gasteiger partial charge in [0, 0.05) is 32.2 Å². The number of hydrogen-bond donors (Lipinski definition) is 2. The van der Waals surface area contributed by atoms with Gasteiger partial charge in [0.15, 0.2) is 0 Å². The molecule has 4 rings (SSSR count). The monoisotopic (exact) mass is 383 g/mol. The number of pyridine rings is 1. The summed E-state index contributed by atoms with van der Waals surface area (Å²) in [5.41, 5.74) is 1.13. The highest BCUT2D eigenvalue weighted by Gasteiger charge is 2.34. The van der Waals surface area contributed by atoms with Crippen LogP contribution in [0.4, 0.5) is 10.2 Å². The van der Waals surface area contributed by atoms with Crippen molar-refractivity contribution in [2.45, 2.75) is 18.4 Å². The van der Waals surface area contributed by atoms with Crippen molar-refractivity contribution in [1.82, 2.24) is 19.9 Å². The molecular weight excluding hydrogens is 361 g/mol. The van der Waals surface area contributed by atoms with E-state index in [0.717, 1.165) is 24.0 Å². The van der Waals surface area contributed by atoms with Gasteiger partial charge >= 0.3 is 0 Å². The molecule has 146 valence electrons. The number of aryl methyl sites for hydroxylation is 1. The first kappa shape index (κ1) is 18.4. The molecular formula is C20H22FN5O2. The molecule has 2 aromatic heterocycles. The van der Waals surface area contributed by atoms with Gasteiger partial charge in [0.05, 0.1) is 29.2 Å². The Morgan fingerprint density at radius 1 is 1.32 bits per heavy atom. The quantitative estimate of drug-likeness (QED) is 0.719. The molecule has 1 unspecified atom stereocenters. The van der Waals surface area contributed by atoms with E-state index in [9.17, 15) is 14.3 Å². The normalized spacial score (nSPS) is 19.8. The Morgan fingerprint density at radius 2 is 2.18 bits per heavy atom. The Morgan fingerprint density at radius 3 is 2.96 bits per heavy atom. The summed E-state index contributed by atoms with van der Waals surface area (Å²) in [4.78, 5) is 22.8. The van der Waals surface area contributed by atoms with Crippen LogP contribution in [0, 0.1) is 5.82 Å². The van der Waals surface area contributed by atoms with Crippen LogP contribution in [0.1, 0.15) is 23.2 Å². The molecule has 8 heteroatoms. The first-order valence-corrected chi connectivity index (χ1v) is 9.22. The van der Waals surface area contributed by atoms with Crippen molar-refractivity contribution in [2.24, 2.45) is 7.05 Å². The van der Waals surface area contributed by atoms with Crippen LogP contribution in [-0.2, 0) is 7.05 Å². The zero-order valence-electron chi connectivity index (χ0n) is 15.6. The van der Waals surface area contributed by atoms with Crippen LogP contribution in [0.5, 0.6) is 0 Å². The molecule has 0 radical (unpaired) electrons. The first-order chi connectivity index (χ1) is 13.4. The van der Waals surface area contributed by atoms with Crippen molar-refractivity contribution in [2.75, 3.05) is 24.5 Å². The standard InChI is InChI=1S/C20H22FN5O2/c1-25-13-24-16-9-14(3-5-17(16)25)19(27)23-11-20(28)7-2-8-26(12-20)18-6-4-15(21)10-22-18/h3-6,9-10,13,28H,2,7-8,11-12H2,1H3,(H,23,27). The number of nitrogens with one attached hydrogen (secondary N) is 1. The van der Waals surface area contributed by atoms with Crippen LogP contribution < -0.4 is 10.2 Å². The van der Waals surface area contributed by atoms with Crippen LogP contribution in [0.25, 0.3) is 11.0 Å². The molecule has 1 atom stereocenters. The molecule has 1 fully saturated rings. The Kier molecular flexibility index (Phi) is 4.72. The fourth-order valence-corrected chi connectivity index (χ4v) is 3.63. The van der Waals surface area contributed by atoms with Gasteiger partial charge in [-0.1, -0.05) is 0 Å². The van der Waals surface area contributed by atoms with Gasteiger partial charge in [-0.2, -0.15) is 0 Å². The number of rotatable bonds is 4. The minimum Gasteiger partial charge on any atom is -0.386 e. The van der Waals surface area contributed by atoms with Gasteiger partial charge in [-0.25, -0.2) is 14.4 Å². The maximum absolute atomic E-state index is 13.1. The number of carbonyl (C=O) groups excluding carboxylic acids is 1. The second-order valence-corrected chi connectivity index (χ2v) is 7.33. The summed E-state index contributed by atoms with van der Waals surface area (Å²) >= 11 is 0. The van der Waals surface area contributed by atoms with E-state index in [-0.39, 0.29) is 12.5 Å². The van der Waals surface area contributed by atoms with Crippen molar-refractivity contribution < 1.29 is 14.3 Å². The summed E-state index contributed by atoms with van der Waals surface area (Å²) in [6, 6.07) is 8.30. The number of aromatic nitrogens is 3. The van der Waals surface area contributed by atoms with Gasteiger partial charge < -0.3 is 19.9 Å². The number of nitrogens with zero attached hydrogens (tertiary/aromatic N) is 4. The summed E-state index contributed by atoms with van der Waals surface area (Å²) < 4.78 is 15.0. The molecule has 28 heavy (non-hydrogen) atoms. The van der Waals surface area contributed by atoms with E-state index in [1.54, 1.807) is 24.5 Å². The topological polar surface area (TPSA) is 83.3 Å². The molecule has 0 spiro atoms. The van der Waals surface area contributed by atoms with Crippen LogP contribution in [0.2, 0.25) is 0 Å². The molecule has 1 aliphatic heterocycles. The second-order valence-electron chi connectivity index (χ2n) is 7.33. The van der Waals surface area contributed by atoms with Crippen LogP contribution in [-0.4, -0.2) is 50.8 Å². The SMILES string of the molecule is Cn1cnc2cc(C(=O)NCC3(O)CCCN(c4ccc(F)cn4)C3)ccc21. The minimum absolute atomic E-state index is 0.129. The molecule has 3 heterocycles. The van der Waals surface area contributed by atoms with Gasteiger partial charge in [0.2, 0.25) is 0 Å².